The molecular formula is C28H23N7O5. The number of azo groups is 1. The Labute approximate surface area is 229 Å². The highest BCUT2D eigenvalue weighted by Gasteiger charge is 2.35. The molecule has 0 saturated heterocycles. The number of rotatable bonds is 10. The summed E-state index contributed by atoms with van der Waals surface area (Å²) in [6, 6.07) is 17.9. The van der Waals surface area contributed by atoms with Gasteiger partial charge in [0.2, 0.25) is 0 Å². The molecule has 0 saturated carbocycles. The maximum atomic E-state index is 12.8. The third-order valence-electron chi connectivity index (χ3n) is 6.39. The van der Waals surface area contributed by atoms with Gasteiger partial charge in [-0.1, -0.05) is 12.1 Å². The maximum absolute atomic E-state index is 12.8. The lowest BCUT2D eigenvalue weighted by Crippen LogP contribution is -2.39. The van der Waals surface area contributed by atoms with Gasteiger partial charge in [0.25, 0.3) is 17.5 Å². The van der Waals surface area contributed by atoms with Gasteiger partial charge >= 0.3 is 0 Å². The normalized spacial score (nSPS) is 12.3. The molecule has 0 unspecified atom stereocenters. The third-order valence-corrected chi connectivity index (χ3v) is 6.39. The molecule has 0 radical (unpaired) electrons. The van der Waals surface area contributed by atoms with Gasteiger partial charge < -0.3 is 9.64 Å². The molecule has 2 amide bonds. The lowest BCUT2D eigenvalue weighted by molar-refractivity contribution is -0.384. The van der Waals surface area contributed by atoms with Gasteiger partial charge in [-0.15, -0.1) is 5.11 Å². The smallest absolute Gasteiger partial charge is 0.272 e. The summed E-state index contributed by atoms with van der Waals surface area (Å²) in [5.41, 5.74) is 2.07. The van der Waals surface area contributed by atoms with Gasteiger partial charge in [0.15, 0.2) is 0 Å². The zero-order valence-corrected chi connectivity index (χ0v) is 21.7. The minimum atomic E-state index is -0.685. The number of hydrogen-bond acceptors (Lipinski definition) is 10. The van der Waals surface area contributed by atoms with Crippen LogP contribution in [-0.4, -0.2) is 55.0 Å². The van der Waals surface area contributed by atoms with Crippen LogP contribution in [-0.2, 0) is 4.74 Å². The second-order valence-corrected chi connectivity index (χ2v) is 8.83. The molecule has 0 aromatic heterocycles. The highest BCUT2D eigenvalue weighted by molar-refractivity contribution is 6.21. The number of imide groups is 1. The summed E-state index contributed by atoms with van der Waals surface area (Å²) in [7, 11) is 1.58. The number of hydrogen-bond donors (Lipinski definition) is 0. The number of ether oxygens (including phenoxy) is 1. The summed E-state index contributed by atoms with van der Waals surface area (Å²) in [6.45, 7) is 3.28. The number of nitriles is 2. The van der Waals surface area contributed by atoms with Gasteiger partial charge in [0, 0.05) is 44.6 Å². The fourth-order valence-corrected chi connectivity index (χ4v) is 4.29. The number of aryl methyl sites for hydroxylation is 1. The minimum Gasteiger partial charge on any atom is -0.383 e. The first-order valence-corrected chi connectivity index (χ1v) is 12.1. The molecule has 0 bridgehead atoms. The molecule has 0 atom stereocenters. The number of anilines is 1. The first-order chi connectivity index (χ1) is 19.3. The number of methoxy groups -OCH3 is 1. The predicted molar refractivity (Wildman–Crippen MR) is 144 cm³/mol. The van der Waals surface area contributed by atoms with E-state index in [2.05, 4.69) is 10.2 Å². The SMILES string of the molecule is COCCN(CCN1C(=O)c2ccccc2C1=O)c1ccc(/N=N/c2c(C#N)cc([N+](=O)[O-])cc2C#N)c(C)c1. The van der Waals surface area contributed by atoms with Gasteiger partial charge in [0.05, 0.1) is 39.5 Å². The van der Waals surface area contributed by atoms with Crippen LogP contribution in [0.1, 0.15) is 37.4 Å². The quantitative estimate of drug-likeness (QED) is 0.154. The molecule has 12 heteroatoms. The lowest BCUT2D eigenvalue weighted by Gasteiger charge is -2.27. The van der Waals surface area contributed by atoms with Crippen molar-refractivity contribution in [1.29, 1.82) is 10.5 Å². The van der Waals surface area contributed by atoms with Crippen LogP contribution in [0.25, 0.3) is 0 Å². The van der Waals surface area contributed by atoms with Crippen LogP contribution in [0.3, 0.4) is 0 Å². The molecule has 3 aromatic rings. The van der Waals surface area contributed by atoms with Crippen LogP contribution in [0, 0.1) is 39.7 Å². The van der Waals surface area contributed by atoms with E-state index in [9.17, 15) is 30.2 Å². The first-order valence-electron chi connectivity index (χ1n) is 12.1. The van der Waals surface area contributed by atoms with Crippen molar-refractivity contribution in [1.82, 2.24) is 4.90 Å². The molecule has 0 spiro atoms. The first kappa shape index (κ1) is 27.6. The Morgan fingerprint density at radius 1 is 0.975 bits per heavy atom. The number of fused-ring (bicyclic) bond motifs is 1. The largest absolute Gasteiger partial charge is 0.383 e. The molecule has 40 heavy (non-hydrogen) atoms. The van der Waals surface area contributed by atoms with Gasteiger partial charge in [-0.05, 0) is 42.8 Å². The summed E-state index contributed by atoms with van der Waals surface area (Å²) in [5.74, 6) is -0.641. The van der Waals surface area contributed by atoms with Crippen LogP contribution < -0.4 is 4.90 Å². The van der Waals surface area contributed by atoms with E-state index in [0.29, 0.717) is 36.5 Å². The van der Waals surface area contributed by atoms with E-state index in [1.54, 1.807) is 43.5 Å². The van der Waals surface area contributed by atoms with Crippen LogP contribution in [0.15, 0.2) is 64.8 Å². The highest BCUT2D eigenvalue weighted by atomic mass is 16.6. The zero-order valence-electron chi connectivity index (χ0n) is 21.7. The minimum absolute atomic E-state index is 0.0539. The highest BCUT2D eigenvalue weighted by Crippen LogP contribution is 2.32. The van der Waals surface area contributed by atoms with E-state index >= 15 is 0 Å². The summed E-state index contributed by atoms with van der Waals surface area (Å²) in [6.07, 6.45) is 0. The number of carbonyl (C=O) groups excluding carboxylic acids is 2. The molecule has 1 aliphatic heterocycles. The lowest BCUT2D eigenvalue weighted by atomic mass is 10.1. The monoisotopic (exact) mass is 537 g/mol. The Morgan fingerprint density at radius 2 is 1.60 bits per heavy atom. The second kappa shape index (κ2) is 11.9. The van der Waals surface area contributed by atoms with Crippen molar-refractivity contribution >= 4 is 34.6 Å². The van der Waals surface area contributed by atoms with Gasteiger partial charge in [-0.2, -0.15) is 15.6 Å². The molecule has 3 aromatic carbocycles. The topological polar surface area (TPSA) is 165 Å². The van der Waals surface area contributed by atoms with Crippen LogP contribution >= 0.6 is 0 Å². The van der Waals surface area contributed by atoms with Crippen molar-refractivity contribution in [2.24, 2.45) is 10.2 Å². The molecule has 1 heterocycles. The average molecular weight is 538 g/mol. The van der Waals surface area contributed by atoms with Crippen molar-refractivity contribution in [2.75, 3.05) is 38.3 Å². The second-order valence-electron chi connectivity index (χ2n) is 8.83. The number of non-ortho nitro benzene ring substituents is 1. The Hall–Kier alpha value is -5.46. The Balaban J connectivity index is 1.55. The third kappa shape index (κ3) is 5.53. The number of benzene rings is 3. The molecule has 12 nitrogen and oxygen atoms in total. The molecule has 0 N–H and O–H groups in total. The van der Waals surface area contributed by atoms with Gasteiger partial charge in [0.1, 0.15) is 17.8 Å². The van der Waals surface area contributed by atoms with E-state index < -0.39 is 4.92 Å². The maximum Gasteiger partial charge on any atom is 0.272 e. The summed E-state index contributed by atoms with van der Waals surface area (Å²) < 4.78 is 5.25. The van der Waals surface area contributed by atoms with Crippen molar-refractivity contribution in [2.45, 2.75) is 6.92 Å². The standard InChI is InChI=1S/C28H23N7O5/c1-18-13-21(7-8-25(18)31-32-26-19(16-29)14-22(35(38)39)15-20(26)17-30)33(11-12-40-2)9-10-34-27(36)23-5-3-4-6-24(23)28(34)37/h3-8,13-15H,9-12H2,1-2H3/b32-31+. The van der Waals surface area contributed by atoms with E-state index in [-0.39, 0.29) is 40.9 Å². The molecule has 200 valence electrons. The Morgan fingerprint density at radius 3 is 2.12 bits per heavy atom. The van der Waals surface area contributed by atoms with E-state index in [4.69, 9.17) is 4.74 Å². The molecule has 0 fully saturated rings. The molecule has 4 rings (SSSR count). The number of amides is 2. The fourth-order valence-electron chi connectivity index (χ4n) is 4.29. The summed E-state index contributed by atoms with van der Waals surface area (Å²) in [4.78, 5) is 39.2. The van der Waals surface area contributed by atoms with Crippen molar-refractivity contribution < 1.29 is 19.2 Å². The zero-order chi connectivity index (χ0) is 28.8. The number of carbonyl (C=O) groups is 2. The van der Waals surface area contributed by atoms with Gasteiger partial charge in [-0.3, -0.25) is 24.6 Å². The van der Waals surface area contributed by atoms with Crippen LogP contribution in [0.4, 0.5) is 22.7 Å². The summed E-state index contributed by atoms with van der Waals surface area (Å²) >= 11 is 0. The van der Waals surface area contributed by atoms with Crippen LogP contribution in [0.5, 0.6) is 0 Å². The van der Waals surface area contributed by atoms with Crippen molar-refractivity contribution in [3.63, 3.8) is 0 Å². The van der Waals surface area contributed by atoms with E-state index in [1.165, 1.54) is 4.90 Å². The van der Waals surface area contributed by atoms with E-state index in [0.717, 1.165) is 23.4 Å². The molecule has 0 aliphatic carbocycles. The number of nitrogens with zero attached hydrogens (tertiary/aromatic N) is 7. The Bertz CT molecular complexity index is 1550. The molecular weight excluding hydrogens is 514 g/mol. The number of nitro groups is 1. The van der Waals surface area contributed by atoms with Crippen molar-refractivity contribution in [3.05, 3.63) is 92.5 Å². The Kier molecular flexibility index (Phi) is 8.23. The average Bonchev–Trinajstić information content (AvgIpc) is 3.20. The molecule has 1 aliphatic rings. The van der Waals surface area contributed by atoms with Crippen molar-refractivity contribution in [3.8, 4) is 12.1 Å². The van der Waals surface area contributed by atoms with E-state index in [1.807, 2.05) is 30.0 Å². The van der Waals surface area contributed by atoms with Crippen LogP contribution in [0.2, 0.25) is 0 Å². The fraction of sp³-hybridized carbons (Fsp3) is 0.214. The predicted octanol–water partition coefficient (Wildman–Crippen LogP) is 4.81. The summed E-state index contributed by atoms with van der Waals surface area (Å²) in [5, 5.41) is 38.2. The van der Waals surface area contributed by atoms with Gasteiger partial charge in [-0.25, -0.2) is 0 Å². The number of nitro benzene ring substituents is 1.